The van der Waals surface area contributed by atoms with Crippen LogP contribution in [0.5, 0.6) is 0 Å². The van der Waals surface area contributed by atoms with Crippen LogP contribution in [0.3, 0.4) is 0 Å². The fourth-order valence-corrected chi connectivity index (χ4v) is 7.47. The zero-order valence-corrected chi connectivity index (χ0v) is 24.6. The van der Waals surface area contributed by atoms with Crippen LogP contribution in [-0.4, -0.2) is 16.1 Å². The van der Waals surface area contributed by atoms with Crippen molar-refractivity contribution in [2.24, 2.45) is 5.41 Å². The number of nitrogens with zero attached hydrogens (tertiary/aromatic N) is 4. The van der Waals surface area contributed by atoms with Crippen molar-refractivity contribution < 1.29 is 0 Å². The van der Waals surface area contributed by atoms with Gasteiger partial charge in [0, 0.05) is 27.8 Å². The molecule has 0 N–H and O–H groups in total. The summed E-state index contributed by atoms with van der Waals surface area (Å²) in [5.41, 5.74) is 10.8. The van der Waals surface area contributed by atoms with Gasteiger partial charge in [-0.1, -0.05) is 70.2 Å². The van der Waals surface area contributed by atoms with Gasteiger partial charge in [0.05, 0.1) is 11.9 Å². The Bertz CT molecular complexity index is 1550. The summed E-state index contributed by atoms with van der Waals surface area (Å²) in [6.45, 7) is 18.4. The van der Waals surface area contributed by atoms with Crippen molar-refractivity contribution in [3.8, 4) is 11.3 Å². The summed E-state index contributed by atoms with van der Waals surface area (Å²) in [6, 6.07) is 22.3. The van der Waals surface area contributed by atoms with Crippen molar-refractivity contribution in [2.45, 2.75) is 79.8 Å². The third-order valence-electron chi connectivity index (χ3n) is 9.93. The fraction of sp³-hybridized carbons (Fsp3) is 0.371. The van der Waals surface area contributed by atoms with E-state index in [2.05, 4.69) is 126 Å². The average Bonchev–Trinajstić information content (AvgIpc) is 3.26. The first-order valence-electron chi connectivity index (χ1n) is 14.3. The minimum Gasteiger partial charge on any atom is -0.301 e. The van der Waals surface area contributed by atoms with E-state index in [1.165, 1.54) is 44.8 Å². The van der Waals surface area contributed by atoms with Gasteiger partial charge in [-0.3, -0.25) is 0 Å². The molecule has 2 aliphatic rings. The molecule has 6 rings (SSSR count). The molecule has 3 atom stereocenters. The van der Waals surface area contributed by atoms with Crippen LogP contribution >= 0.6 is 0 Å². The lowest BCUT2D eigenvalue weighted by molar-refractivity contribution is 0.0963. The minimum absolute atomic E-state index is 0.0197. The van der Waals surface area contributed by atoms with E-state index in [1.807, 2.05) is 6.20 Å². The zero-order chi connectivity index (χ0) is 27.7. The Kier molecular flexibility index (Phi) is 5.87. The normalized spacial score (nSPS) is 23.4. The fourth-order valence-electron chi connectivity index (χ4n) is 7.47. The molecule has 0 spiro atoms. The Morgan fingerprint density at radius 2 is 1.44 bits per heavy atom. The minimum atomic E-state index is -0.0745. The number of rotatable bonds is 4. The lowest BCUT2D eigenvalue weighted by atomic mass is 9.55. The molecule has 200 valence electrons. The van der Waals surface area contributed by atoms with Gasteiger partial charge in [-0.25, -0.2) is 9.97 Å². The van der Waals surface area contributed by atoms with Crippen LogP contribution in [0.15, 0.2) is 66.9 Å². The van der Waals surface area contributed by atoms with Crippen molar-refractivity contribution in [3.05, 3.63) is 94.7 Å². The van der Waals surface area contributed by atoms with Crippen molar-refractivity contribution in [1.29, 1.82) is 0 Å². The first kappa shape index (κ1) is 25.6. The first-order valence-corrected chi connectivity index (χ1v) is 14.3. The Morgan fingerprint density at radius 3 is 2.08 bits per heavy atom. The van der Waals surface area contributed by atoms with E-state index in [9.17, 15) is 0 Å². The summed E-state index contributed by atoms with van der Waals surface area (Å²) < 4.78 is 0. The van der Waals surface area contributed by atoms with Gasteiger partial charge in [-0.15, -0.1) is 0 Å². The average molecular weight is 517 g/mol. The molecule has 3 heterocycles. The smallest absolute Gasteiger partial charge is 0.179 e. The van der Waals surface area contributed by atoms with E-state index >= 15 is 0 Å². The Morgan fingerprint density at radius 1 is 0.769 bits per heavy atom. The van der Waals surface area contributed by atoms with Gasteiger partial charge in [0.2, 0.25) is 0 Å². The maximum Gasteiger partial charge on any atom is 0.179 e. The highest BCUT2D eigenvalue weighted by Crippen LogP contribution is 2.63. The molecule has 0 saturated carbocycles. The molecule has 39 heavy (non-hydrogen) atoms. The Labute approximate surface area is 233 Å². The SMILES string of the molecule is CCC1(C)c2ccccc2N2c3nc(-c4c(C)cccc4C)cnc3N(c3cc(C)cc(C)c3)C2C1(C)CC. The van der Waals surface area contributed by atoms with Gasteiger partial charge in [-0.05, 0) is 86.6 Å². The largest absolute Gasteiger partial charge is 0.301 e. The Hall–Kier alpha value is -3.66. The molecule has 3 aromatic carbocycles. The number of aryl methyl sites for hydroxylation is 4. The molecule has 0 fully saturated rings. The topological polar surface area (TPSA) is 32.3 Å². The molecule has 2 aliphatic heterocycles. The third kappa shape index (κ3) is 3.50. The van der Waals surface area contributed by atoms with E-state index in [1.54, 1.807) is 0 Å². The van der Waals surface area contributed by atoms with Crippen LogP contribution in [0, 0.1) is 33.1 Å². The Balaban J connectivity index is 1.70. The highest BCUT2D eigenvalue weighted by atomic mass is 15.5. The standard InChI is InChI=1S/C35H40N4/c1-9-34(7)27-16-11-12-17-29(27)39-32-31(36-21-28(37-32)30-24(5)14-13-15-25(30)6)38(33(39)35(34,8)10-2)26-19-22(3)18-23(4)20-26/h11-21,33H,9-10H2,1-8H3. The number of hydrogen-bond donors (Lipinski definition) is 0. The maximum absolute atomic E-state index is 5.44. The van der Waals surface area contributed by atoms with Crippen molar-refractivity contribution in [2.75, 3.05) is 9.80 Å². The van der Waals surface area contributed by atoms with Gasteiger partial charge < -0.3 is 9.80 Å². The molecule has 4 aromatic rings. The molecule has 1 aromatic heterocycles. The lowest BCUT2D eigenvalue weighted by Gasteiger charge is -2.58. The predicted octanol–water partition coefficient (Wildman–Crippen LogP) is 9.09. The second-order valence-electron chi connectivity index (χ2n) is 12.1. The summed E-state index contributed by atoms with van der Waals surface area (Å²) >= 11 is 0. The van der Waals surface area contributed by atoms with Gasteiger partial charge in [-0.2, -0.15) is 0 Å². The van der Waals surface area contributed by atoms with Crippen LogP contribution in [0.4, 0.5) is 23.0 Å². The van der Waals surface area contributed by atoms with E-state index in [4.69, 9.17) is 9.97 Å². The molecular formula is C35H40N4. The summed E-state index contributed by atoms with van der Waals surface area (Å²) in [5.74, 6) is 1.89. The number of aromatic nitrogens is 2. The van der Waals surface area contributed by atoms with Gasteiger partial charge in [0.15, 0.2) is 11.6 Å². The quantitative estimate of drug-likeness (QED) is 0.271. The second kappa shape index (κ2) is 8.94. The van der Waals surface area contributed by atoms with E-state index in [0.29, 0.717) is 0 Å². The lowest BCUT2D eigenvalue weighted by Crippen LogP contribution is -2.62. The van der Waals surface area contributed by atoms with Gasteiger partial charge in [0.1, 0.15) is 6.17 Å². The maximum atomic E-state index is 5.44. The molecule has 4 nitrogen and oxygen atoms in total. The van der Waals surface area contributed by atoms with E-state index in [0.717, 1.165) is 30.2 Å². The van der Waals surface area contributed by atoms with Crippen LogP contribution in [-0.2, 0) is 5.41 Å². The number of para-hydroxylation sites is 1. The molecule has 0 radical (unpaired) electrons. The van der Waals surface area contributed by atoms with E-state index in [-0.39, 0.29) is 17.0 Å². The van der Waals surface area contributed by atoms with Crippen LogP contribution in [0.1, 0.15) is 68.4 Å². The number of anilines is 4. The number of hydrogen-bond acceptors (Lipinski definition) is 4. The second-order valence-corrected chi connectivity index (χ2v) is 12.1. The van der Waals surface area contributed by atoms with Gasteiger partial charge in [0.25, 0.3) is 0 Å². The van der Waals surface area contributed by atoms with Crippen LogP contribution in [0.2, 0.25) is 0 Å². The number of benzene rings is 3. The van der Waals surface area contributed by atoms with Crippen molar-refractivity contribution >= 4 is 23.0 Å². The molecule has 0 amide bonds. The zero-order valence-electron chi connectivity index (χ0n) is 24.6. The molecule has 0 bridgehead atoms. The number of fused-ring (bicyclic) bond motifs is 5. The summed E-state index contributed by atoms with van der Waals surface area (Å²) in [7, 11) is 0. The molecule has 0 aliphatic carbocycles. The summed E-state index contributed by atoms with van der Waals surface area (Å²) in [5, 5.41) is 0. The molecule has 0 saturated heterocycles. The highest BCUT2D eigenvalue weighted by molar-refractivity contribution is 5.88. The van der Waals surface area contributed by atoms with Crippen LogP contribution < -0.4 is 9.80 Å². The molecule has 4 heteroatoms. The third-order valence-corrected chi connectivity index (χ3v) is 9.93. The summed E-state index contributed by atoms with van der Waals surface area (Å²) in [6.07, 6.45) is 4.12. The predicted molar refractivity (Wildman–Crippen MR) is 163 cm³/mol. The van der Waals surface area contributed by atoms with Crippen LogP contribution in [0.25, 0.3) is 11.3 Å². The first-order chi connectivity index (χ1) is 18.6. The highest BCUT2D eigenvalue weighted by Gasteiger charge is 2.61. The molecular weight excluding hydrogens is 476 g/mol. The molecule has 3 unspecified atom stereocenters. The monoisotopic (exact) mass is 516 g/mol. The van der Waals surface area contributed by atoms with E-state index < -0.39 is 0 Å². The summed E-state index contributed by atoms with van der Waals surface area (Å²) in [4.78, 5) is 15.7. The van der Waals surface area contributed by atoms with Crippen molar-refractivity contribution in [1.82, 2.24) is 9.97 Å². The van der Waals surface area contributed by atoms with Crippen molar-refractivity contribution in [3.63, 3.8) is 0 Å². The van der Waals surface area contributed by atoms with Gasteiger partial charge >= 0.3 is 0 Å².